The Bertz CT molecular complexity index is 593. The van der Waals surface area contributed by atoms with Crippen molar-refractivity contribution in [2.75, 3.05) is 0 Å². The van der Waals surface area contributed by atoms with Gasteiger partial charge in [-0.05, 0) is 136 Å². The van der Waals surface area contributed by atoms with Gasteiger partial charge in [-0.3, -0.25) is 0 Å². The minimum Gasteiger partial charge on any atom is -0.412 e. The van der Waals surface area contributed by atoms with Gasteiger partial charge in [0.15, 0.2) is 0 Å². The molecule has 5 aliphatic rings. The SMILES string of the molecule is CCC1CCC(C2CCC(C)CC2)CC1.CCCC1CCC(C2CCC(C3CCC(C)CC3)CC2)CC1.O.[HH].[HH].[HH].[HH]. The normalized spacial score (nSPS) is 42.3. The summed E-state index contributed by atoms with van der Waals surface area (Å²) in [5.41, 5.74) is 0. The Hall–Kier alpha value is -0.0400. The van der Waals surface area contributed by atoms with Gasteiger partial charge in [-0.1, -0.05) is 98.3 Å². The lowest BCUT2D eigenvalue weighted by Crippen LogP contribution is -2.29. The molecule has 232 valence electrons. The van der Waals surface area contributed by atoms with Crippen LogP contribution in [0.3, 0.4) is 0 Å². The molecule has 2 N–H and O–H groups in total. The Morgan fingerprint density at radius 2 is 0.658 bits per heavy atom. The van der Waals surface area contributed by atoms with Gasteiger partial charge >= 0.3 is 0 Å². The third-order valence-electron chi connectivity index (χ3n) is 13.0. The highest BCUT2D eigenvalue weighted by Gasteiger charge is 2.34. The molecule has 0 aliphatic heterocycles. The van der Waals surface area contributed by atoms with E-state index in [1.165, 1.54) is 57.8 Å². The summed E-state index contributed by atoms with van der Waals surface area (Å²) in [5.74, 6) is 10.9. The van der Waals surface area contributed by atoms with Crippen LogP contribution in [-0.2, 0) is 0 Å². The molecule has 5 aliphatic carbocycles. The van der Waals surface area contributed by atoms with E-state index < -0.39 is 0 Å². The minimum atomic E-state index is 0. The van der Waals surface area contributed by atoms with E-state index in [0.717, 1.165) is 59.2 Å². The van der Waals surface area contributed by atoms with Crippen LogP contribution in [0, 0.1) is 59.2 Å². The Morgan fingerprint density at radius 1 is 0.395 bits per heavy atom. The van der Waals surface area contributed by atoms with E-state index in [1.54, 1.807) is 89.9 Å². The Labute approximate surface area is 245 Å². The van der Waals surface area contributed by atoms with Crippen LogP contribution in [0.15, 0.2) is 0 Å². The molecule has 0 aromatic heterocycles. The molecule has 0 unspecified atom stereocenters. The van der Waals surface area contributed by atoms with Gasteiger partial charge in [-0.2, -0.15) is 0 Å². The summed E-state index contributed by atoms with van der Waals surface area (Å²) in [6.07, 6.45) is 35.3. The van der Waals surface area contributed by atoms with Crippen LogP contribution in [0.25, 0.3) is 0 Å². The quantitative estimate of drug-likeness (QED) is 0.322. The number of hydrogen-bond acceptors (Lipinski definition) is 0. The molecular formula is C37H78O. The van der Waals surface area contributed by atoms with Crippen molar-refractivity contribution in [2.45, 2.75) is 175 Å². The van der Waals surface area contributed by atoms with Crippen molar-refractivity contribution < 1.29 is 11.2 Å². The molecule has 0 heterocycles. The van der Waals surface area contributed by atoms with Crippen molar-refractivity contribution >= 4 is 0 Å². The molecule has 5 fully saturated rings. The third-order valence-corrected chi connectivity index (χ3v) is 13.0. The Balaban J connectivity index is 0. The van der Waals surface area contributed by atoms with Gasteiger partial charge in [0.1, 0.15) is 0 Å². The number of hydrogen-bond donors (Lipinski definition) is 0. The predicted molar refractivity (Wildman–Crippen MR) is 176 cm³/mol. The van der Waals surface area contributed by atoms with Crippen molar-refractivity contribution in [3.05, 3.63) is 0 Å². The molecule has 0 aromatic rings. The average molecular weight is 539 g/mol. The summed E-state index contributed by atoms with van der Waals surface area (Å²) < 4.78 is 0. The summed E-state index contributed by atoms with van der Waals surface area (Å²) >= 11 is 0. The van der Waals surface area contributed by atoms with E-state index in [9.17, 15) is 0 Å². The van der Waals surface area contributed by atoms with Crippen LogP contribution in [-0.4, -0.2) is 5.48 Å². The van der Waals surface area contributed by atoms with Crippen molar-refractivity contribution in [1.82, 2.24) is 0 Å². The average Bonchev–Trinajstić information content (AvgIpc) is 2.95. The highest BCUT2D eigenvalue weighted by molar-refractivity contribution is 4.85. The van der Waals surface area contributed by atoms with E-state index >= 15 is 0 Å². The summed E-state index contributed by atoms with van der Waals surface area (Å²) in [4.78, 5) is 0. The maximum absolute atomic E-state index is 2.46. The fourth-order valence-electron chi connectivity index (χ4n) is 10.0. The summed E-state index contributed by atoms with van der Waals surface area (Å²) in [5, 5.41) is 0. The molecule has 5 saturated carbocycles. The summed E-state index contributed by atoms with van der Waals surface area (Å²) in [6, 6.07) is 0. The smallest absolute Gasteiger partial charge is 0 e. The first kappa shape index (κ1) is 32.5. The van der Waals surface area contributed by atoms with Crippen molar-refractivity contribution in [2.24, 2.45) is 59.2 Å². The minimum absolute atomic E-state index is 0. The fourth-order valence-corrected chi connectivity index (χ4v) is 10.0. The van der Waals surface area contributed by atoms with Crippen LogP contribution in [0.4, 0.5) is 0 Å². The van der Waals surface area contributed by atoms with E-state index in [0.29, 0.717) is 0 Å². The first-order valence-electron chi connectivity index (χ1n) is 18.1. The van der Waals surface area contributed by atoms with Gasteiger partial charge in [0.25, 0.3) is 0 Å². The molecule has 0 bridgehead atoms. The summed E-state index contributed by atoms with van der Waals surface area (Å²) in [6.45, 7) is 9.62. The molecule has 38 heavy (non-hydrogen) atoms. The lowest BCUT2D eigenvalue weighted by atomic mass is 9.65. The van der Waals surface area contributed by atoms with Gasteiger partial charge < -0.3 is 5.48 Å². The molecule has 0 amide bonds. The third kappa shape index (κ3) is 9.80. The molecule has 1 heteroatoms. The Morgan fingerprint density at radius 3 is 0.947 bits per heavy atom. The molecule has 0 saturated heterocycles. The molecule has 0 spiro atoms. The first-order valence-corrected chi connectivity index (χ1v) is 18.1. The fraction of sp³-hybridized carbons (Fsp3) is 1.00. The van der Waals surface area contributed by atoms with Crippen LogP contribution in [0.5, 0.6) is 0 Å². The highest BCUT2D eigenvalue weighted by atomic mass is 16.0. The monoisotopic (exact) mass is 539 g/mol. The largest absolute Gasteiger partial charge is 0.412 e. The standard InChI is InChI=1S/C22H40.C15H28.H2O.4H2/c1-3-4-18-7-11-20(12-8-18)22-15-13-21(14-16-22)19-9-5-17(2)6-10-19;1-3-13-6-10-15(11-7-13)14-8-4-12(2)5-9-14;;;;;/h17-22H,3-16H2,1-2H3;12-15H,3-11H2,1-2H3;1H2;4*1H. The molecule has 0 atom stereocenters. The van der Waals surface area contributed by atoms with Gasteiger partial charge in [0.05, 0.1) is 0 Å². The van der Waals surface area contributed by atoms with Crippen molar-refractivity contribution in [1.29, 1.82) is 0 Å². The second-order valence-corrected chi connectivity index (χ2v) is 15.5. The van der Waals surface area contributed by atoms with Gasteiger partial charge in [0, 0.05) is 5.71 Å². The molecule has 0 aromatic carbocycles. The van der Waals surface area contributed by atoms with Crippen molar-refractivity contribution in [3.63, 3.8) is 0 Å². The molecule has 5 rings (SSSR count). The van der Waals surface area contributed by atoms with Crippen LogP contribution in [0.1, 0.15) is 181 Å². The number of rotatable bonds is 6. The van der Waals surface area contributed by atoms with E-state index in [-0.39, 0.29) is 11.2 Å². The molecule has 0 radical (unpaired) electrons. The maximum Gasteiger partial charge on any atom is 0 e. The zero-order valence-corrected chi connectivity index (χ0v) is 26.5. The van der Waals surface area contributed by atoms with Gasteiger partial charge in [0.2, 0.25) is 0 Å². The van der Waals surface area contributed by atoms with Crippen molar-refractivity contribution in [3.8, 4) is 0 Å². The lowest BCUT2D eigenvalue weighted by Gasteiger charge is -2.41. The van der Waals surface area contributed by atoms with Gasteiger partial charge in [-0.15, -0.1) is 0 Å². The van der Waals surface area contributed by atoms with E-state index in [2.05, 4.69) is 27.7 Å². The molecular weight excluding hydrogens is 460 g/mol. The van der Waals surface area contributed by atoms with Crippen LogP contribution >= 0.6 is 0 Å². The second-order valence-electron chi connectivity index (χ2n) is 15.5. The van der Waals surface area contributed by atoms with E-state index in [4.69, 9.17) is 0 Å². The van der Waals surface area contributed by atoms with E-state index in [1.807, 2.05) is 0 Å². The lowest BCUT2D eigenvalue weighted by molar-refractivity contribution is 0.105. The first-order chi connectivity index (χ1) is 18.1. The highest BCUT2D eigenvalue weighted by Crippen LogP contribution is 2.46. The topological polar surface area (TPSA) is 31.5 Å². The second kappa shape index (κ2) is 17.0. The zero-order valence-electron chi connectivity index (χ0n) is 26.5. The summed E-state index contributed by atoms with van der Waals surface area (Å²) in [7, 11) is 0. The Kier molecular flexibility index (Phi) is 14.6. The maximum atomic E-state index is 2.46. The predicted octanol–water partition coefficient (Wildman–Crippen LogP) is 12.4. The van der Waals surface area contributed by atoms with Gasteiger partial charge in [-0.25, -0.2) is 0 Å². The zero-order chi connectivity index (χ0) is 26.0. The van der Waals surface area contributed by atoms with Crippen LogP contribution < -0.4 is 0 Å². The molecule has 1 nitrogen and oxygen atoms in total. The van der Waals surface area contributed by atoms with Crippen LogP contribution in [0.2, 0.25) is 0 Å².